The Morgan fingerprint density at radius 2 is 1.57 bits per heavy atom. The second-order valence-corrected chi connectivity index (χ2v) is 5.29. The van der Waals surface area contributed by atoms with Crippen LogP contribution in [0.15, 0.2) is 66.7 Å². The highest BCUT2D eigenvalue weighted by molar-refractivity contribution is 5.86. The zero-order valence-electron chi connectivity index (χ0n) is 11.7. The first-order valence-corrected chi connectivity index (χ1v) is 6.84. The summed E-state index contributed by atoms with van der Waals surface area (Å²) in [6.45, 7) is 1.79. The summed E-state index contributed by atoms with van der Waals surface area (Å²) in [5.41, 5.74) is 1.13. The van der Waals surface area contributed by atoms with Gasteiger partial charge in [0.1, 0.15) is 5.60 Å². The molecule has 0 spiro atoms. The van der Waals surface area contributed by atoms with E-state index in [2.05, 4.69) is 6.07 Å². The Hall–Kier alpha value is -2.63. The molecule has 2 heteroatoms. The Kier molecular flexibility index (Phi) is 3.21. The summed E-state index contributed by atoms with van der Waals surface area (Å²) < 4.78 is 0. The molecule has 0 bridgehead atoms. The van der Waals surface area contributed by atoms with Gasteiger partial charge in [-0.25, -0.2) is 0 Å². The van der Waals surface area contributed by atoms with E-state index in [-0.39, 0.29) is 0 Å². The predicted molar refractivity (Wildman–Crippen MR) is 83.8 cm³/mol. The molecule has 0 saturated heterocycles. The third-order valence-electron chi connectivity index (χ3n) is 3.89. The number of aliphatic hydroxyl groups is 1. The standard InChI is InChI=1S/C19H15NO/c1-19(21,16-11-9-14(13-20)10-12-16)18-8-4-6-15-5-2-3-7-17(15)18/h2-12,21H,1H3. The van der Waals surface area contributed by atoms with Gasteiger partial charge in [-0.05, 0) is 41.0 Å². The second kappa shape index (κ2) is 5.05. The fourth-order valence-electron chi connectivity index (χ4n) is 2.67. The number of hydrogen-bond donors (Lipinski definition) is 1. The molecule has 1 N–H and O–H groups in total. The van der Waals surface area contributed by atoms with E-state index in [4.69, 9.17) is 5.26 Å². The molecule has 0 aliphatic rings. The quantitative estimate of drug-likeness (QED) is 0.768. The smallest absolute Gasteiger partial charge is 0.112 e. The van der Waals surface area contributed by atoms with E-state index in [0.29, 0.717) is 5.56 Å². The van der Waals surface area contributed by atoms with Crippen LogP contribution in [0.3, 0.4) is 0 Å². The van der Waals surface area contributed by atoms with Crippen molar-refractivity contribution in [2.75, 3.05) is 0 Å². The number of rotatable bonds is 2. The average molecular weight is 273 g/mol. The van der Waals surface area contributed by atoms with Gasteiger partial charge in [0.05, 0.1) is 11.6 Å². The summed E-state index contributed by atoms with van der Waals surface area (Å²) >= 11 is 0. The number of benzene rings is 3. The van der Waals surface area contributed by atoms with Gasteiger partial charge in [0, 0.05) is 0 Å². The molecule has 2 nitrogen and oxygen atoms in total. The Morgan fingerprint density at radius 3 is 2.29 bits per heavy atom. The first-order chi connectivity index (χ1) is 10.1. The zero-order chi connectivity index (χ0) is 14.9. The van der Waals surface area contributed by atoms with Crippen molar-refractivity contribution < 1.29 is 5.11 Å². The molecular formula is C19H15NO. The Balaban J connectivity index is 2.17. The molecular weight excluding hydrogens is 258 g/mol. The molecule has 3 aromatic carbocycles. The molecule has 0 saturated carbocycles. The Bertz CT molecular complexity index is 821. The van der Waals surface area contributed by atoms with Crippen LogP contribution in [0.5, 0.6) is 0 Å². The monoisotopic (exact) mass is 273 g/mol. The fourth-order valence-corrected chi connectivity index (χ4v) is 2.67. The molecule has 3 rings (SSSR count). The molecule has 1 unspecified atom stereocenters. The van der Waals surface area contributed by atoms with Crippen molar-refractivity contribution in [1.82, 2.24) is 0 Å². The van der Waals surface area contributed by atoms with E-state index in [9.17, 15) is 5.11 Å². The van der Waals surface area contributed by atoms with Gasteiger partial charge in [-0.3, -0.25) is 0 Å². The largest absolute Gasteiger partial charge is 0.381 e. The van der Waals surface area contributed by atoms with Crippen LogP contribution < -0.4 is 0 Å². The van der Waals surface area contributed by atoms with Gasteiger partial charge in [-0.1, -0.05) is 54.6 Å². The predicted octanol–water partition coefficient (Wildman–Crippen LogP) is 3.97. The highest BCUT2D eigenvalue weighted by Gasteiger charge is 2.27. The van der Waals surface area contributed by atoms with Gasteiger partial charge in [-0.15, -0.1) is 0 Å². The lowest BCUT2D eigenvalue weighted by atomic mass is 9.85. The molecule has 0 radical (unpaired) electrons. The van der Waals surface area contributed by atoms with Crippen molar-refractivity contribution in [3.8, 4) is 6.07 Å². The van der Waals surface area contributed by atoms with Crippen molar-refractivity contribution in [2.45, 2.75) is 12.5 Å². The second-order valence-electron chi connectivity index (χ2n) is 5.29. The number of hydrogen-bond acceptors (Lipinski definition) is 2. The lowest BCUT2D eigenvalue weighted by Crippen LogP contribution is -2.23. The summed E-state index contributed by atoms with van der Waals surface area (Å²) in [6.07, 6.45) is 0. The summed E-state index contributed by atoms with van der Waals surface area (Å²) in [7, 11) is 0. The molecule has 0 amide bonds. The Morgan fingerprint density at radius 1 is 0.905 bits per heavy atom. The molecule has 0 aromatic heterocycles. The maximum atomic E-state index is 11.0. The highest BCUT2D eigenvalue weighted by atomic mass is 16.3. The van der Waals surface area contributed by atoms with Gasteiger partial charge in [0.2, 0.25) is 0 Å². The van der Waals surface area contributed by atoms with Crippen LogP contribution in [0.4, 0.5) is 0 Å². The minimum absolute atomic E-state index is 0.590. The maximum absolute atomic E-state index is 11.0. The molecule has 3 aromatic rings. The summed E-state index contributed by atoms with van der Waals surface area (Å²) in [5.74, 6) is 0. The van der Waals surface area contributed by atoms with Crippen molar-refractivity contribution in [1.29, 1.82) is 5.26 Å². The lowest BCUT2D eigenvalue weighted by Gasteiger charge is -2.26. The maximum Gasteiger partial charge on any atom is 0.112 e. The minimum Gasteiger partial charge on any atom is -0.381 e. The van der Waals surface area contributed by atoms with Crippen molar-refractivity contribution in [2.24, 2.45) is 0 Å². The van der Waals surface area contributed by atoms with E-state index in [1.165, 1.54) is 0 Å². The van der Waals surface area contributed by atoms with E-state index >= 15 is 0 Å². The number of nitrogens with zero attached hydrogens (tertiary/aromatic N) is 1. The van der Waals surface area contributed by atoms with Gasteiger partial charge in [0.25, 0.3) is 0 Å². The number of fused-ring (bicyclic) bond motifs is 1. The van der Waals surface area contributed by atoms with E-state index in [0.717, 1.165) is 21.9 Å². The molecule has 1 atom stereocenters. The third kappa shape index (κ3) is 2.29. The van der Waals surface area contributed by atoms with Crippen LogP contribution in [0, 0.1) is 11.3 Å². The van der Waals surface area contributed by atoms with Gasteiger partial charge in [0.15, 0.2) is 0 Å². The lowest BCUT2D eigenvalue weighted by molar-refractivity contribution is 0.104. The zero-order valence-corrected chi connectivity index (χ0v) is 11.7. The van der Waals surface area contributed by atoms with E-state index in [1.54, 1.807) is 31.2 Å². The van der Waals surface area contributed by atoms with E-state index < -0.39 is 5.60 Å². The average Bonchev–Trinajstić information content (AvgIpc) is 2.54. The summed E-state index contributed by atoms with van der Waals surface area (Å²) in [6, 6.07) is 23.1. The summed E-state index contributed by atoms with van der Waals surface area (Å²) in [4.78, 5) is 0. The normalized spacial score (nSPS) is 13.6. The van der Waals surface area contributed by atoms with Crippen molar-refractivity contribution in [3.63, 3.8) is 0 Å². The van der Waals surface area contributed by atoms with Crippen LogP contribution in [0.2, 0.25) is 0 Å². The van der Waals surface area contributed by atoms with Crippen molar-refractivity contribution in [3.05, 3.63) is 83.4 Å². The SMILES string of the molecule is CC(O)(c1ccc(C#N)cc1)c1cccc2ccccc12. The minimum atomic E-state index is -1.10. The van der Waals surface area contributed by atoms with Crippen LogP contribution in [0.25, 0.3) is 10.8 Å². The summed E-state index contributed by atoms with van der Waals surface area (Å²) in [5, 5.41) is 22.1. The third-order valence-corrected chi connectivity index (χ3v) is 3.89. The molecule has 0 fully saturated rings. The van der Waals surface area contributed by atoms with Crippen LogP contribution >= 0.6 is 0 Å². The molecule has 0 aliphatic carbocycles. The topological polar surface area (TPSA) is 44.0 Å². The van der Waals surface area contributed by atoms with Gasteiger partial charge in [-0.2, -0.15) is 5.26 Å². The molecule has 21 heavy (non-hydrogen) atoms. The first-order valence-electron chi connectivity index (χ1n) is 6.84. The van der Waals surface area contributed by atoms with Gasteiger partial charge >= 0.3 is 0 Å². The molecule has 0 heterocycles. The van der Waals surface area contributed by atoms with Crippen LogP contribution in [-0.4, -0.2) is 5.11 Å². The highest BCUT2D eigenvalue weighted by Crippen LogP contribution is 2.34. The van der Waals surface area contributed by atoms with Crippen LogP contribution in [0.1, 0.15) is 23.6 Å². The fraction of sp³-hybridized carbons (Fsp3) is 0.105. The first kappa shape index (κ1) is 13.4. The molecule has 102 valence electrons. The van der Waals surface area contributed by atoms with Gasteiger partial charge < -0.3 is 5.11 Å². The number of nitriles is 1. The van der Waals surface area contributed by atoms with Crippen LogP contribution in [-0.2, 0) is 5.60 Å². The molecule has 0 aliphatic heterocycles. The Labute approximate surface area is 123 Å². The van der Waals surface area contributed by atoms with Crippen molar-refractivity contribution >= 4 is 10.8 Å². The van der Waals surface area contributed by atoms with E-state index in [1.807, 2.05) is 42.5 Å².